The van der Waals surface area contributed by atoms with Crippen LogP contribution in [-0.4, -0.2) is 57.4 Å². The molecule has 2 heterocycles. The van der Waals surface area contributed by atoms with Gasteiger partial charge in [-0.05, 0) is 48.7 Å². The van der Waals surface area contributed by atoms with Gasteiger partial charge >= 0.3 is 0 Å². The maximum atomic E-state index is 13.9. The summed E-state index contributed by atoms with van der Waals surface area (Å²) in [5.74, 6) is -0.364. The molecule has 0 bridgehead atoms. The van der Waals surface area contributed by atoms with Crippen molar-refractivity contribution in [2.45, 2.75) is 30.4 Å². The zero-order chi connectivity index (χ0) is 28.3. The second-order valence-electron chi connectivity index (χ2n) is 9.73. The minimum atomic E-state index is -3.89. The van der Waals surface area contributed by atoms with Gasteiger partial charge in [0.15, 0.2) is 6.10 Å². The third kappa shape index (κ3) is 5.79. The summed E-state index contributed by atoms with van der Waals surface area (Å²) in [6.45, 7) is 0.670. The Labute approximate surface area is 238 Å². The normalized spacial score (nSPS) is 19.3. The van der Waals surface area contributed by atoms with Gasteiger partial charge in [0.05, 0.1) is 35.2 Å². The first kappa shape index (κ1) is 27.9. The van der Waals surface area contributed by atoms with E-state index in [0.717, 1.165) is 5.56 Å². The molecule has 0 aromatic heterocycles. The van der Waals surface area contributed by atoms with Gasteiger partial charge in [-0.2, -0.15) is 4.31 Å². The molecular formula is C29H30ClN3O6S. The quantitative estimate of drug-likeness (QED) is 0.453. The topological polar surface area (TPSA) is 105 Å². The Morgan fingerprint density at radius 2 is 1.80 bits per heavy atom. The van der Waals surface area contributed by atoms with Crippen molar-refractivity contribution < 1.29 is 27.5 Å². The van der Waals surface area contributed by atoms with Gasteiger partial charge < -0.3 is 19.7 Å². The van der Waals surface area contributed by atoms with Crippen molar-refractivity contribution in [2.75, 3.05) is 31.6 Å². The largest absolute Gasteiger partial charge is 0.495 e. The van der Waals surface area contributed by atoms with Crippen molar-refractivity contribution in [3.63, 3.8) is 0 Å². The predicted molar refractivity (Wildman–Crippen MR) is 151 cm³/mol. The maximum absolute atomic E-state index is 13.9. The number of methoxy groups -OCH3 is 1. The van der Waals surface area contributed by atoms with Crippen LogP contribution < -0.4 is 19.7 Å². The highest BCUT2D eigenvalue weighted by atomic mass is 35.5. The second-order valence-corrected chi connectivity index (χ2v) is 12.1. The molecule has 1 N–H and O–H groups in total. The van der Waals surface area contributed by atoms with Crippen LogP contribution in [0.1, 0.15) is 18.4 Å². The van der Waals surface area contributed by atoms with E-state index in [1.54, 1.807) is 29.2 Å². The number of para-hydroxylation sites is 2. The summed E-state index contributed by atoms with van der Waals surface area (Å²) < 4.78 is 39.3. The van der Waals surface area contributed by atoms with Gasteiger partial charge in [-0.15, -0.1) is 0 Å². The summed E-state index contributed by atoms with van der Waals surface area (Å²) in [5, 5.41) is 3.08. The molecule has 11 heteroatoms. The Morgan fingerprint density at radius 1 is 1.05 bits per heavy atom. The highest BCUT2D eigenvalue weighted by Gasteiger charge is 2.39. The van der Waals surface area contributed by atoms with Gasteiger partial charge in [0.1, 0.15) is 11.5 Å². The lowest BCUT2D eigenvalue weighted by Crippen LogP contribution is -2.53. The fourth-order valence-electron chi connectivity index (χ4n) is 5.02. The summed E-state index contributed by atoms with van der Waals surface area (Å²) in [6, 6.07) is 20.9. The molecule has 3 aromatic rings. The first-order valence-electron chi connectivity index (χ1n) is 13.0. The number of amides is 2. The maximum Gasteiger partial charge on any atom is 0.263 e. The predicted octanol–water partition coefficient (Wildman–Crippen LogP) is 3.86. The Bertz CT molecular complexity index is 1500. The van der Waals surface area contributed by atoms with Crippen molar-refractivity contribution in [2.24, 2.45) is 5.92 Å². The van der Waals surface area contributed by atoms with Crippen molar-refractivity contribution in [1.82, 2.24) is 9.62 Å². The van der Waals surface area contributed by atoms with Crippen molar-refractivity contribution in [3.8, 4) is 11.5 Å². The number of piperidine rings is 1. The smallest absolute Gasteiger partial charge is 0.263 e. The van der Waals surface area contributed by atoms with E-state index < -0.39 is 22.0 Å². The van der Waals surface area contributed by atoms with E-state index in [4.69, 9.17) is 21.1 Å². The van der Waals surface area contributed by atoms with Gasteiger partial charge in [0, 0.05) is 19.6 Å². The SMILES string of the molecule is COc1ccc(S(=O)(=O)N2CCC[C@@H](C(=O)N3C[C@@H](C(=O)NCc4ccccc4)Oc4ccccc43)C2)cc1Cl. The van der Waals surface area contributed by atoms with E-state index in [9.17, 15) is 18.0 Å². The van der Waals surface area contributed by atoms with E-state index in [1.165, 1.54) is 29.6 Å². The number of carbonyl (C=O) groups is 2. The van der Waals surface area contributed by atoms with Crippen LogP contribution in [0, 0.1) is 5.92 Å². The van der Waals surface area contributed by atoms with Crippen molar-refractivity contribution in [1.29, 1.82) is 0 Å². The molecule has 0 unspecified atom stereocenters. The molecule has 40 heavy (non-hydrogen) atoms. The zero-order valence-corrected chi connectivity index (χ0v) is 23.5. The van der Waals surface area contributed by atoms with E-state index in [0.29, 0.717) is 43.1 Å². The first-order valence-corrected chi connectivity index (χ1v) is 14.8. The van der Waals surface area contributed by atoms with Gasteiger partial charge in [0.25, 0.3) is 5.91 Å². The van der Waals surface area contributed by atoms with Gasteiger partial charge in [-0.3, -0.25) is 9.59 Å². The first-order chi connectivity index (χ1) is 19.3. The number of hydrogen-bond donors (Lipinski definition) is 1. The number of nitrogens with zero attached hydrogens (tertiary/aromatic N) is 2. The fraction of sp³-hybridized carbons (Fsp3) is 0.310. The molecule has 5 rings (SSSR count). The Morgan fingerprint density at radius 3 is 2.55 bits per heavy atom. The number of sulfonamides is 1. The van der Waals surface area contributed by atoms with E-state index >= 15 is 0 Å². The molecule has 3 aromatic carbocycles. The number of nitrogens with one attached hydrogen (secondary N) is 1. The molecule has 1 fully saturated rings. The highest BCUT2D eigenvalue weighted by molar-refractivity contribution is 7.89. The third-order valence-electron chi connectivity index (χ3n) is 7.14. The number of rotatable bonds is 7. The minimum Gasteiger partial charge on any atom is -0.495 e. The molecule has 0 spiro atoms. The van der Waals surface area contributed by atoms with Crippen LogP contribution in [-0.2, 0) is 26.2 Å². The van der Waals surface area contributed by atoms with Crippen LogP contribution in [0.25, 0.3) is 0 Å². The van der Waals surface area contributed by atoms with E-state index in [-0.39, 0.29) is 34.8 Å². The van der Waals surface area contributed by atoms with Gasteiger partial charge in [0.2, 0.25) is 15.9 Å². The number of carbonyl (C=O) groups excluding carboxylic acids is 2. The second kappa shape index (κ2) is 11.9. The summed E-state index contributed by atoms with van der Waals surface area (Å²) >= 11 is 6.19. The molecule has 2 aliphatic rings. The lowest BCUT2D eigenvalue weighted by Gasteiger charge is -2.38. The van der Waals surface area contributed by atoms with Crippen LogP contribution in [0.15, 0.2) is 77.7 Å². The van der Waals surface area contributed by atoms with Gasteiger partial charge in [-0.1, -0.05) is 54.1 Å². The van der Waals surface area contributed by atoms with Crippen LogP contribution in [0.4, 0.5) is 5.69 Å². The molecule has 0 radical (unpaired) electrons. The molecule has 2 aliphatic heterocycles. The summed E-state index contributed by atoms with van der Waals surface area (Å²) in [7, 11) is -2.44. The number of hydrogen-bond acceptors (Lipinski definition) is 6. The molecule has 0 saturated carbocycles. The lowest BCUT2D eigenvalue weighted by atomic mass is 9.97. The number of ether oxygens (including phenoxy) is 2. The number of benzene rings is 3. The molecule has 2 amide bonds. The average Bonchev–Trinajstić information content (AvgIpc) is 2.99. The Hall–Kier alpha value is -3.60. The Kier molecular flexibility index (Phi) is 8.30. The van der Waals surface area contributed by atoms with Crippen molar-refractivity contribution >= 4 is 39.1 Å². The van der Waals surface area contributed by atoms with Gasteiger partial charge in [-0.25, -0.2) is 8.42 Å². The zero-order valence-electron chi connectivity index (χ0n) is 22.0. The van der Waals surface area contributed by atoms with Crippen molar-refractivity contribution in [3.05, 3.63) is 83.4 Å². The summed E-state index contributed by atoms with van der Waals surface area (Å²) in [5.41, 5.74) is 1.50. The van der Waals surface area contributed by atoms with E-state index in [1.807, 2.05) is 30.3 Å². The molecule has 2 atom stereocenters. The monoisotopic (exact) mass is 583 g/mol. The standard InChI is InChI=1S/C29H30ClN3O6S/c1-38-25-14-13-22(16-23(25)30)40(36,37)32-15-7-10-21(18-32)29(35)33-19-27(39-26-12-6-5-11-24(26)33)28(34)31-17-20-8-3-2-4-9-20/h2-6,8-9,11-14,16,21,27H,7,10,15,17-19H2,1H3,(H,31,34)/t21-,27+/m1/s1. The molecule has 210 valence electrons. The third-order valence-corrected chi connectivity index (χ3v) is 9.29. The fourth-order valence-corrected chi connectivity index (χ4v) is 6.89. The molecule has 9 nitrogen and oxygen atoms in total. The summed E-state index contributed by atoms with van der Waals surface area (Å²) in [6.07, 6.45) is 0.137. The van der Waals surface area contributed by atoms with Crippen LogP contribution >= 0.6 is 11.6 Å². The lowest BCUT2D eigenvalue weighted by molar-refractivity contribution is -0.129. The van der Waals surface area contributed by atoms with Crippen LogP contribution in [0.3, 0.4) is 0 Å². The molecule has 1 saturated heterocycles. The minimum absolute atomic E-state index is 0.0216. The van der Waals surface area contributed by atoms with Crippen LogP contribution in [0.2, 0.25) is 5.02 Å². The van der Waals surface area contributed by atoms with Crippen LogP contribution in [0.5, 0.6) is 11.5 Å². The summed E-state index contributed by atoms with van der Waals surface area (Å²) in [4.78, 5) is 28.5. The average molecular weight is 584 g/mol. The number of fused-ring (bicyclic) bond motifs is 1. The number of anilines is 1. The Balaban J connectivity index is 1.33. The molecular weight excluding hydrogens is 554 g/mol. The number of halogens is 1. The van der Waals surface area contributed by atoms with E-state index in [2.05, 4.69) is 5.32 Å². The molecule has 0 aliphatic carbocycles. The highest BCUT2D eigenvalue weighted by Crippen LogP contribution is 2.36.